The molecule has 0 aliphatic rings. The highest BCUT2D eigenvalue weighted by atomic mass is 35.5. The molecule has 0 aliphatic carbocycles. The van der Waals surface area contributed by atoms with Crippen molar-refractivity contribution >= 4 is 40.5 Å². The highest BCUT2D eigenvalue weighted by molar-refractivity contribution is 6.33. The fourth-order valence-corrected chi connectivity index (χ4v) is 1.96. The standard InChI is InChI=1S/C15H14Cl2N2O2/c16-10-2-1-3-12(8-10)21-7-6-15(20)19-11-4-5-13(17)14(18)9-11/h1-5,8-9H,6-7,18H2,(H,19,20). The summed E-state index contributed by atoms with van der Waals surface area (Å²) in [6, 6.07) is 11.9. The van der Waals surface area contributed by atoms with Crippen LogP contribution in [0.5, 0.6) is 5.75 Å². The van der Waals surface area contributed by atoms with Gasteiger partial charge in [-0.3, -0.25) is 4.79 Å². The third-order valence-corrected chi connectivity index (χ3v) is 3.25. The Morgan fingerprint density at radius 1 is 1.19 bits per heavy atom. The molecular weight excluding hydrogens is 311 g/mol. The average molecular weight is 325 g/mol. The normalized spacial score (nSPS) is 10.2. The van der Waals surface area contributed by atoms with E-state index in [1.54, 1.807) is 42.5 Å². The maximum Gasteiger partial charge on any atom is 0.227 e. The van der Waals surface area contributed by atoms with Gasteiger partial charge in [0.25, 0.3) is 0 Å². The van der Waals surface area contributed by atoms with Crippen LogP contribution < -0.4 is 15.8 Å². The van der Waals surface area contributed by atoms with Crippen molar-refractivity contribution in [3.8, 4) is 5.75 Å². The molecule has 2 aromatic rings. The lowest BCUT2D eigenvalue weighted by molar-refractivity contribution is -0.116. The Morgan fingerprint density at radius 2 is 2.00 bits per heavy atom. The number of nitrogens with one attached hydrogen (secondary N) is 1. The molecule has 4 nitrogen and oxygen atoms in total. The smallest absolute Gasteiger partial charge is 0.227 e. The summed E-state index contributed by atoms with van der Waals surface area (Å²) in [4.78, 5) is 11.8. The van der Waals surface area contributed by atoms with Crippen LogP contribution in [0.25, 0.3) is 0 Å². The van der Waals surface area contributed by atoms with Crippen molar-refractivity contribution in [2.45, 2.75) is 6.42 Å². The number of anilines is 2. The minimum absolute atomic E-state index is 0.168. The van der Waals surface area contributed by atoms with Crippen LogP contribution in [0, 0.1) is 0 Å². The van der Waals surface area contributed by atoms with Gasteiger partial charge in [-0.15, -0.1) is 0 Å². The summed E-state index contributed by atoms with van der Waals surface area (Å²) in [5.74, 6) is 0.463. The second-order valence-corrected chi connectivity index (χ2v) is 5.18. The average Bonchev–Trinajstić information content (AvgIpc) is 2.43. The minimum atomic E-state index is -0.168. The first-order chi connectivity index (χ1) is 10.0. The maximum absolute atomic E-state index is 11.8. The van der Waals surface area contributed by atoms with E-state index in [0.29, 0.717) is 27.2 Å². The number of nitrogens with two attached hydrogens (primary N) is 1. The zero-order valence-corrected chi connectivity index (χ0v) is 12.6. The van der Waals surface area contributed by atoms with Crippen molar-refractivity contribution in [2.75, 3.05) is 17.7 Å². The second kappa shape index (κ2) is 7.20. The van der Waals surface area contributed by atoms with E-state index >= 15 is 0 Å². The van der Waals surface area contributed by atoms with E-state index in [9.17, 15) is 4.79 Å². The number of hydrogen-bond acceptors (Lipinski definition) is 3. The number of carbonyl (C=O) groups is 1. The van der Waals surface area contributed by atoms with Crippen molar-refractivity contribution < 1.29 is 9.53 Å². The van der Waals surface area contributed by atoms with Crippen molar-refractivity contribution in [1.82, 2.24) is 0 Å². The van der Waals surface area contributed by atoms with Crippen LogP contribution >= 0.6 is 23.2 Å². The highest BCUT2D eigenvalue weighted by Crippen LogP contribution is 2.22. The summed E-state index contributed by atoms with van der Waals surface area (Å²) in [6.07, 6.45) is 0.217. The van der Waals surface area contributed by atoms with Gasteiger partial charge in [0.05, 0.1) is 23.7 Å². The molecule has 0 saturated heterocycles. The number of hydrogen-bond donors (Lipinski definition) is 2. The van der Waals surface area contributed by atoms with Gasteiger partial charge in [0.15, 0.2) is 0 Å². The van der Waals surface area contributed by atoms with Crippen molar-refractivity contribution in [3.05, 3.63) is 52.5 Å². The van der Waals surface area contributed by atoms with Gasteiger partial charge in [0, 0.05) is 10.7 Å². The Bertz CT molecular complexity index is 647. The van der Waals surface area contributed by atoms with E-state index < -0.39 is 0 Å². The van der Waals surface area contributed by atoms with Gasteiger partial charge in [0.1, 0.15) is 5.75 Å². The Hall–Kier alpha value is -1.91. The van der Waals surface area contributed by atoms with E-state index in [4.69, 9.17) is 33.7 Å². The van der Waals surface area contributed by atoms with Crippen LogP contribution in [0.1, 0.15) is 6.42 Å². The molecule has 0 fully saturated rings. The lowest BCUT2D eigenvalue weighted by atomic mass is 10.2. The molecule has 0 unspecified atom stereocenters. The highest BCUT2D eigenvalue weighted by Gasteiger charge is 2.05. The fraction of sp³-hybridized carbons (Fsp3) is 0.133. The molecule has 2 aromatic carbocycles. The maximum atomic E-state index is 11.8. The number of amides is 1. The van der Waals surface area contributed by atoms with Crippen LogP contribution in [0.3, 0.4) is 0 Å². The Labute approximate surface area is 132 Å². The summed E-state index contributed by atoms with van der Waals surface area (Å²) < 4.78 is 5.45. The van der Waals surface area contributed by atoms with E-state index in [1.807, 2.05) is 0 Å². The molecule has 1 amide bonds. The van der Waals surface area contributed by atoms with Crippen molar-refractivity contribution in [1.29, 1.82) is 0 Å². The zero-order chi connectivity index (χ0) is 15.2. The Kier molecular flexibility index (Phi) is 5.31. The summed E-state index contributed by atoms with van der Waals surface area (Å²) in [7, 11) is 0. The molecule has 0 atom stereocenters. The monoisotopic (exact) mass is 324 g/mol. The van der Waals surface area contributed by atoms with Crippen LogP contribution in [-0.4, -0.2) is 12.5 Å². The molecule has 0 saturated carbocycles. The lowest BCUT2D eigenvalue weighted by Crippen LogP contribution is -2.15. The quantitative estimate of drug-likeness (QED) is 0.817. The van der Waals surface area contributed by atoms with Gasteiger partial charge < -0.3 is 15.8 Å². The summed E-state index contributed by atoms with van der Waals surface area (Å²) >= 11 is 11.7. The lowest BCUT2D eigenvalue weighted by Gasteiger charge is -2.08. The topological polar surface area (TPSA) is 64.3 Å². The molecule has 21 heavy (non-hydrogen) atoms. The molecule has 3 N–H and O–H groups in total. The molecule has 0 bridgehead atoms. The molecule has 0 aromatic heterocycles. The zero-order valence-electron chi connectivity index (χ0n) is 11.1. The minimum Gasteiger partial charge on any atom is -0.493 e. The number of halogens is 2. The summed E-state index contributed by atoms with van der Waals surface area (Å²) in [5, 5.41) is 3.77. The number of benzene rings is 2. The molecule has 6 heteroatoms. The summed E-state index contributed by atoms with van der Waals surface area (Å²) in [6.45, 7) is 0.259. The number of nitrogen functional groups attached to an aromatic ring is 1. The van der Waals surface area contributed by atoms with Gasteiger partial charge >= 0.3 is 0 Å². The van der Waals surface area contributed by atoms with Gasteiger partial charge in [-0.2, -0.15) is 0 Å². The largest absolute Gasteiger partial charge is 0.493 e. The molecule has 110 valence electrons. The van der Waals surface area contributed by atoms with Gasteiger partial charge in [-0.1, -0.05) is 29.3 Å². The predicted octanol–water partition coefficient (Wildman–Crippen LogP) is 3.98. The fourth-order valence-electron chi connectivity index (χ4n) is 1.66. The first kappa shape index (κ1) is 15.5. The third-order valence-electron chi connectivity index (χ3n) is 2.67. The summed E-state index contributed by atoms with van der Waals surface area (Å²) in [5.41, 5.74) is 6.69. The van der Waals surface area contributed by atoms with E-state index in [2.05, 4.69) is 5.32 Å². The molecule has 0 heterocycles. The van der Waals surface area contributed by atoms with Crippen LogP contribution in [0.2, 0.25) is 10.0 Å². The van der Waals surface area contributed by atoms with Crippen molar-refractivity contribution in [3.63, 3.8) is 0 Å². The third kappa shape index (κ3) is 4.85. The van der Waals surface area contributed by atoms with Crippen LogP contribution in [-0.2, 0) is 4.79 Å². The van der Waals surface area contributed by atoms with Gasteiger partial charge in [-0.05, 0) is 36.4 Å². The number of rotatable bonds is 5. The molecule has 0 aliphatic heterocycles. The van der Waals surface area contributed by atoms with Gasteiger partial charge in [-0.25, -0.2) is 0 Å². The van der Waals surface area contributed by atoms with Crippen LogP contribution in [0.4, 0.5) is 11.4 Å². The Morgan fingerprint density at radius 3 is 2.71 bits per heavy atom. The number of carbonyl (C=O) groups excluding carboxylic acids is 1. The first-order valence-electron chi connectivity index (χ1n) is 6.28. The van der Waals surface area contributed by atoms with Crippen LogP contribution in [0.15, 0.2) is 42.5 Å². The SMILES string of the molecule is Nc1cc(NC(=O)CCOc2cccc(Cl)c2)ccc1Cl. The molecule has 2 rings (SSSR count). The first-order valence-corrected chi connectivity index (χ1v) is 7.03. The number of ether oxygens (including phenoxy) is 1. The van der Waals surface area contributed by atoms with Gasteiger partial charge in [0.2, 0.25) is 5.91 Å². The molecular formula is C15H14Cl2N2O2. The van der Waals surface area contributed by atoms with E-state index in [-0.39, 0.29) is 18.9 Å². The second-order valence-electron chi connectivity index (χ2n) is 4.34. The molecule has 0 spiro atoms. The Balaban J connectivity index is 1.81. The predicted molar refractivity (Wildman–Crippen MR) is 86.1 cm³/mol. The molecule has 0 radical (unpaired) electrons. The van der Waals surface area contributed by atoms with Crippen molar-refractivity contribution in [2.24, 2.45) is 0 Å². The van der Waals surface area contributed by atoms with E-state index in [0.717, 1.165) is 0 Å². The van der Waals surface area contributed by atoms with E-state index in [1.165, 1.54) is 0 Å².